The van der Waals surface area contributed by atoms with Gasteiger partial charge in [-0.3, -0.25) is 10.1 Å². The van der Waals surface area contributed by atoms with Crippen LogP contribution in [0, 0.1) is 0 Å². The largest absolute Gasteiger partial charge is 0.497 e. The van der Waals surface area contributed by atoms with Gasteiger partial charge in [0.1, 0.15) is 29.2 Å². The normalized spacial score (nSPS) is 13.8. The van der Waals surface area contributed by atoms with Crippen molar-refractivity contribution in [2.75, 3.05) is 20.8 Å². The number of nitrogens with one attached hydrogen (secondary N) is 2. The van der Waals surface area contributed by atoms with Crippen LogP contribution >= 0.6 is 0 Å². The number of ether oxygens (including phenoxy) is 4. The van der Waals surface area contributed by atoms with Crippen molar-refractivity contribution in [3.63, 3.8) is 0 Å². The first kappa shape index (κ1) is 28.9. The molecule has 0 saturated carbocycles. The van der Waals surface area contributed by atoms with Gasteiger partial charge in [0.05, 0.1) is 26.9 Å². The molecular weight excluding hydrogens is 464 g/mol. The number of benzene rings is 2. The molecule has 0 aliphatic rings. The maximum absolute atomic E-state index is 12.9. The molecule has 9 nitrogen and oxygen atoms in total. The molecule has 3 atom stereocenters. The fourth-order valence-corrected chi connectivity index (χ4v) is 3.61. The highest BCUT2D eigenvalue weighted by Crippen LogP contribution is 2.25. The minimum absolute atomic E-state index is 0.137. The number of amides is 1. The van der Waals surface area contributed by atoms with E-state index in [0.717, 1.165) is 11.1 Å². The second-order valence-electron chi connectivity index (χ2n) is 9.22. The van der Waals surface area contributed by atoms with Crippen molar-refractivity contribution in [3.05, 3.63) is 59.7 Å². The molecule has 198 valence electrons. The van der Waals surface area contributed by atoms with Gasteiger partial charge in [0.2, 0.25) is 0 Å². The summed E-state index contributed by atoms with van der Waals surface area (Å²) in [4.78, 5) is 25.5. The monoisotopic (exact) mass is 502 g/mol. The first-order chi connectivity index (χ1) is 17.1. The topological polar surface area (TPSA) is 115 Å². The third-order valence-corrected chi connectivity index (χ3v) is 5.30. The molecular formula is C27H38N2O7. The molecule has 0 aliphatic carbocycles. The van der Waals surface area contributed by atoms with Crippen molar-refractivity contribution in [1.29, 1.82) is 0 Å². The van der Waals surface area contributed by atoms with E-state index in [1.165, 1.54) is 7.11 Å². The van der Waals surface area contributed by atoms with E-state index in [-0.39, 0.29) is 19.6 Å². The van der Waals surface area contributed by atoms with Gasteiger partial charge >= 0.3 is 12.1 Å². The summed E-state index contributed by atoms with van der Waals surface area (Å²) in [6.45, 7) is 7.27. The molecule has 0 spiro atoms. The van der Waals surface area contributed by atoms with Crippen LogP contribution in [0.25, 0.3) is 0 Å². The van der Waals surface area contributed by atoms with Gasteiger partial charge in [-0.15, -0.1) is 0 Å². The van der Waals surface area contributed by atoms with Gasteiger partial charge in [0.25, 0.3) is 0 Å². The lowest BCUT2D eigenvalue weighted by Gasteiger charge is -2.31. The summed E-state index contributed by atoms with van der Waals surface area (Å²) in [5, 5.41) is 17.2. The molecule has 1 amide bonds. The molecule has 0 radical (unpaired) electrons. The van der Waals surface area contributed by atoms with Gasteiger partial charge in [-0.2, -0.15) is 0 Å². The summed E-state index contributed by atoms with van der Waals surface area (Å²) in [6.07, 6.45) is -1.76. The van der Waals surface area contributed by atoms with Crippen molar-refractivity contribution in [2.24, 2.45) is 0 Å². The number of aliphatic hydroxyl groups excluding tert-OH is 1. The molecule has 2 rings (SSSR count). The average Bonchev–Trinajstić information content (AvgIpc) is 2.83. The SMILES string of the molecule is CCOC(=O)[C@H](NCc1ccc(OC)cc1OC)[C@@H](O)[C@H](Cc1ccccc1)NC(=O)OC(C)(C)C. The molecule has 2 aromatic carbocycles. The second-order valence-corrected chi connectivity index (χ2v) is 9.22. The minimum atomic E-state index is -1.33. The van der Waals surface area contributed by atoms with Crippen LogP contribution in [-0.4, -0.2) is 61.8 Å². The lowest BCUT2D eigenvalue weighted by Crippen LogP contribution is -2.57. The van der Waals surface area contributed by atoms with Gasteiger partial charge in [-0.1, -0.05) is 36.4 Å². The van der Waals surface area contributed by atoms with Crippen molar-refractivity contribution in [1.82, 2.24) is 10.6 Å². The Balaban J connectivity index is 2.30. The van der Waals surface area contributed by atoms with Crippen LogP contribution in [0.3, 0.4) is 0 Å². The first-order valence-electron chi connectivity index (χ1n) is 11.9. The third kappa shape index (κ3) is 9.05. The number of hydrogen-bond donors (Lipinski definition) is 3. The smallest absolute Gasteiger partial charge is 0.407 e. The number of aliphatic hydroxyl groups is 1. The molecule has 9 heteroatoms. The van der Waals surface area contributed by atoms with Gasteiger partial charge in [0.15, 0.2) is 0 Å². The highest BCUT2D eigenvalue weighted by atomic mass is 16.6. The number of alkyl carbamates (subject to hydrolysis) is 1. The molecule has 0 saturated heterocycles. The number of carbonyl (C=O) groups is 2. The highest BCUT2D eigenvalue weighted by molar-refractivity contribution is 5.77. The highest BCUT2D eigenvalue weighted by Gasteiger charge is 2.36. The zero-order chi connectivity index (χ0) is 26.7. The third-order valence-electron chi connectivity index (χ3n) is 5.30. The summed E-state index contributed by atoms with van der Waals surface area (Å²) >= 11 is 0. The van der Waals surface area contributed by atoms with E-state index in [1.54, 1.807) is 53.0 Å². The molecule has 2 aromatic rings. The standard InChI is InChI=1S/C27H38N2O7/c1-7-35-25(31)23(28-17-19-13-14-20(33-5)16-22(19)34-6)24(30)21(15-18-11-9-8-10-12-18)29-26(32)36-27(2,3)4/h8-14,16,21,23-24,28,30H,7,15,17H2,1-6H3,(H,29,32)/t21-,23+,24-/m0/s1. The van der Waals surface area contributed by atoms with E-state index in [1.807, 2.05) is 30.3 Å². The zero-order valence-corrected chi connectivity index (χ0v) is 21.9. The number of carbonyl (C=O) groups excluding carboxylic acids is 2. The summed E-state index contributed by atoms with van der Waals surface area (Å²) in [5.41, 5.74) is 0.896. The molecule has 0 fully saturated rings. The van der Waals surface area contributed by atoms with Crippen LogP contribution in [0.1, 0.15) is 38.8 Å². The fraction of sp³-hybridized carbons (Fsp3) is 0.481. The lowest BCUT2D eigenvalue weighted by molar-refractivity contribution is -0.149. The van der Waals surface area contributed by atoms with Gasteiger partial charge in [-0.05, 0) is 45.7 Å². The van der Waals surface area contributed by atoms with Crippen LogP contribution in [0.15, 0.2) is 48.5 Å². The summed E-state index contributed by atoms with van der Waals surface area (Å²) in [6, 6.07) is 12.7. The Morgan fingerprint density at radius 1 is 1.03 bits per heavy atom. The van der Waals surface area contributed by atoms with Crippen molar-refractivity contribution >= 4 is 12.1 Å². The Bertz CT molecular complexity index is 976. The molecule has 36 heavy (non-hydrogen) atoms. The maximum Gasteiger partial charge on any atom is 0.407 e. The molecule has 0 aromatic heterocycles. The molecule has 3 N–H and O–H groups in total. The summed E-state index contributed by atoms with van der Waals surface area (Å²) in [7, 11) is 3.10. The van der Waals surface area contributed by atoms with Gasteiger partial charge in [0, 0.05) is 18.2 Å². The van der Waals surface area contributed by atoms with Crippen LogP contribution in [0.2, 0.25) is 0 Å². The number of rotatable bonds is 12. The molecule has 0 aliphatic heterocycles. The van der Waals surface area contributed by atoms with E-state index in [0.29, 0.717) is 11.5 Å². The summed E-state index contributed by atoms with van der Waals surface area (Å²) in [5.74, 6) is 0.551. The minimum Gasteiger partial charge on any atom is -0.497 e. The molecule has 0 heterocycles. The van der Waals surface area contributed by atoms with Crippen LogP contribution in [-0.2, 0) is 27.2 Å². The Morgan fingerprint density at radius 3 is 2.31 bits per heavy atom. The van der Waals surface area contributed by atoms with Crippen molar-refractivity contribution in [2.45, 2.75) is 64.4 Å². The number of methoxy groups -OCH3 is 2. The van der Waals surface area contributed by atoms with Crippen molar-refractivity contribution in [3.8, 4) is 11.5 Å². The van der Waals surface area contributed by atoms with E-state index in [9.17, 15) is 14.7 Å². The predicted molar refractivity (Wildman–Crippen MR) is 136 cm³/mol. The molecule has 0 bridgehead atoms. The van der Waals surface area contributed by atoms with Crippen LogP contribution in [0.4, 0.5) is 4.79 Å². The quantitative estimate of drug-likeness (QED) is 0.379. The van der Waals surface area contributed by atoms with E-state index in [4.69, 9.17) is 18.9 Å². The van der Waals surface area contributed by atoms with E-state index < -0.39 is 35.9 Å². The Labute approximate surface area is 213 Å². The van der Waals surface area contributed by atoms with Gasteiger partial charge in [-0.25, -0.2) is 4.79 Å². The predicted octanol–water partition coefficient (Wildman–Crippen LogP) is 3.22. The average molecular weight is 503 g/mol. The van der Waals surface area contributed by atoms with Crippen LogP contribution in [0.5, 0.6) is 11.5 Å². The number of hydrogen-bond acceptors (Lipinski definition) is 8. The Hall–Kier alpha value is -3.30. The Morgan fingerprint density at radius 2 is 1.72 bits per heavy atom. The molecule has 0 unspecified atom stereocenters. The second kappa shape index (κ2) is 13.7. The maximum atomic E-state index is 12.9. The van der Waals surface area contributed by atoms with E-state index in [2.05, 4.69) is 10.6 Å². The van der Waals surface area contributed by atoms with Crippen molar-refractivity contribution < 1.29 is 33.6 Å². The first-order valence-corrected chi connectivity index (χ1v) is 11.9. The van der Waals surface area contributed by atoms with Gasteiger partial charge < -0.3 is 29.4 Å². The Kier molecular flexibility index (Phi) is 11.0. The van der Waals surface area contributed by atoms with E-state index >= 15 is 0 Å². The number of esters is 1. The zero-order valence-electron chi connectivity index (χ0n) is 21.9. The summed E-state index contributed by atoms with van der Waals surface area (Å²) < 4.78 is 21.3. The lowest BCUT2D eigenvalue weighted by atomic mass is 9.96. The fourth-order valence-electron chi connectivity index (χ4n) is 3.61. The van der Waals surface area contributed by atoms with Crippen LogP contribution < -0.4 is 20.1 Å².